The first kappa shape index (κ1) is 13.6. The highest BCUT2D eigenvalue weighted by Crippen LogP contribution is 2.48. The molecule has 108 valence electrons. The number of hydrogen-bond donors (Lipinski definition) is 0. The summed E-state index contributed by atoms with van der Waals surface area (Å²) < 4.78 is 5.22. The van der Waals surface area contributed by atoms with E-state index in [0.29, 0.717) is 24.0 Å². The van der Waals surface area contributed by atoms with Crippen molar-refractivity contribution in [2.75, 3.05) is 6.61 Å². The minimum atomic E-state index is -0.208. The second kappa shape index (κ2) is 4.57. The summed E-state index contributed by atoms with van der Waals surface area (Å²) in [5.41, 5.74) is 4.22. The van der Waals surface area contributed by atoms with Gasteiger partial charge in [0.1, 0.15) is 0 Å². The number of pyridine rings is 1. The average molecular weight is 273 g/mol. The van der Waals surface area contributed by atoms with E-state index in [9.17, 15) is 4.79 Å². The molecule has 1 fully saturated rings. The van der Waals surface area contributed by atoms with Gasteiger partial charge < -0.3 is 4.74 Å². The fourth-order valence-electron chi connectivity index (χ4n) is 3.47. The zero-order valence-electron chi connectivity index (χ0n) is 12.8. The van der Waals surface area contributed by atoms with Crippen molar-refractivity contribution in [3.63, 3.8) is 0 Å². The minimum Gasteiger partial charge on any atom is -0.462 e. The maximum Gasteiger partial charge on any atom is 0.339 e. The van der Waals surface area contributed by atoms with Gasteiger partial charge in [-0.25, -0.2) is 4.79 Å². The molecule has 0 saturated heterocycles. The molecule has 0 spiro atoms. The Kier molecular flexibility index (Phi) is 3.11. The lowest BCUT2D eigenvalue weighted by Gasteiger charge is -2.20. The van der Waals surface area contributed by atoms with Crippen LogP contribution in [0.5, 0.6) is 0 Å². The van der Waals surface area contributed by atoms with Crippen molar-refractivity contribution >= 4 is 5.97 Å². The molecule has 0 aromatic carbocycles. The first-order valence-corrected chi connectivity index (χ1v) is 7.66. The molecule has 1 unspecified atom stereocenters. The Labute approximate surface area is 120 Å². The van der Waals surface area contributed by atoms with Gasteiger partial charge in [0.2, 0.25) is 0 Å². The third kappa shape index (κ3) is 2.13. The molecule has 1 heterocycles. The van der Waals surface area contributed by atoms with Gasteiger partial charge in [0.25, 0.3) is 0 Å². The van der Waals surface area contributed by atoms with E-state index in [1.165, 1.54) is 11.3 Å². The number of carbonyl (C=O) groups excluding carboxylic acids is 1. The number of aromatic nitrogens is 1. The Morgan fingerprint density at radius 3 is 2.70 bits per heavy atom. The molecule has 1 saturated carbocycles. The van der Waals surface area contributed by atoms with Crippen LogP contribution in [-0.2, 0) is 10.2 Å². The number of carbonyl (C=O) groups is 1. The number of hydrogen-bond acceptors (Lipinski definition) is 3. The molecule has 0 radical (unpaired) electrons. The van der Waals surface area contributed by atoms with Gasteiger partial charge in [0, 0.05) is 11.6 Å². The minimum absolute atomic E-state index is 0.102. The van der Waals surface area contributed by atoms with Gasteiger partial charge in [0.05, 0.1) is 17.9 Å². The van der Waals surface area contributed by atoms with Crippen LogP contribution in [0.3, 0.4) is 0 Å². The predicted octanol–water partition coefficient (Wildman–Crippen LogP) is 3.92. The molecule has 1 aromatic rings. The normalized spacial score (nSPS) is 23.5. The first-order chi connectivity index (χ1) is 9.44. The van der Waals surface area contributed by atoms with Gasteiger partial charge in [-0.1, -0.05) is 20.8 Å². The molecule has 3 heteroatoms. The molecule has 0 amide bonds. The van der Waals surface area contributed by atoms with Gasteiger partial charge in [-0.2, -0.15) is 0 Å². The molecule has 0 N–H and O–H groups in total. The summed E-state index contributed by atoms with van der Waals surface area (Å²) in [6.07, 6.45) is 3.40. The highest BCUT2D eigenvalue weighted by atomic mass is 16.5. The predicted molar refractivity (Wildman–Crippen MR) is 78.2 cm³/mol. The van der Waals surface area contributed by atoms with Gasteiger partial charge in [-0.3, -0.25) is 4.98 Å². The van der Waals surface area contributed by atoms with Crippen molar-refractivity contribution in [3.8, 4) is 0 Å². The van der Waals surface area contributed by atoms with Crippen LogP contribution in [-0.4, -0.2) is 17.6 Å². The summed E-state index contributed by atoms with van der Waals surface area (Å²) in [6.45, 7) is 8.98. The number of fused-ring (bicyclic) bond motifs is 1. The zero-order chi connectivity index (χ0) is 14.5. The maximum absolute atomic E-state index is 12.2. The number of ether oxygens (including phenoxy) is 1. The first-order valence-electron chi connectivity index (χ1n) is 7.66. The van der Waals surface area contributed by atoms with Crippen molar-refractivity contribution in [1.29, 1.82) is 0 Å². The van der Waals surface area contributed by atoms with Crippen LogP contribution in [0.15, 0.2) is 6.07 Å². The summed E-state index contributed by atoms with van der Waals surface area (Å²) in [6, 6.07) is 2.07. The monoisotopic (exact) mass is 273 g/mol. The molecular weight excluding hydrogens is 250 g/mol. The SMILES string of the molecule is CCOC(=O)c1cc2c(nc1C1CC1)C(C)CC2(C)C. The summed E-state index contributed by atoms with van der Waals surface area (Å²) >= 11 is 0. The van der Waals surface area contributed by atoms with Crippen LogP contribution in [0.25, 0.3) is 0 Å². The molecule has 2 aliphatic rings. The van der Waals surface area contributed by atoms with Crippen molar-refractivity contribution in [2.45, 2.75) is 64.2 Å². The summed E-state index contributed by atoms with van der Waals surface area (Å²) in [5.74, 6) is 0.740. The quantitative estimate of drug-likeness (QED) is 0.783. The van der Waals surface area contributed by atoms with Crippen molar-refractivity contribution in [3.05, 3.63) is 28.6 Å². The van der Waals surface area contributed by atoms with Crippen LogP contribution >= 0.6 is 0 Å². The van der Waals surface area contributed by atoms with Crippen LogP contribution in [0.1, 0.15) is 86.1 Å². The van der Waals surface area contributed by atoms with Gasteiger partial charge >= 0.3 is 5.97 Å². The Hall–Kier alpha value is -1.38. The van der Waals surface area contributed by atoms with Crippen LogP contribution < -0.4 is 0 Å². The van der Waals surface area contributed by atoms with E-state index < -0.39 is 0 Å². The number of nitrogens with zero attached hydrogens (tertiary/aromatic N) is 1. The van der Waals surface area contributed by atoms with Crippen LogP contribution in [0, 0.1) is 0 Å². The van der Waals surface area contributed by atoms with Crippen molar-refractivity contribution in [1.82, 2.24) is 4.98 Å². The topological polar surface area (TPSA) is 39.2 Å². The van der Waals surface area contributed by atoms with E-state index >= 15 is 0 Å². The van der Waals surface area contributed by atoms with E-state index in [2.05, 4.69) is 26.8 Å². The lowest BCUT2D eigenvalue weighted by atomic mass is 9.85. The Morgan fingerprint density at radius 1 is 1.40 bits per heavy atom. The molecular formula is C17H23NO2. The molecule has 2 aliphatic carbocycles. The Morgan fingerprint density at radius 2 is 2.10 bits per heavy atom. The van der Waals surface area contributed by atoms with Crippen molar-refractivity contribution in [2.24, 2.45) is 0 Å². The lowest BCUT2D eigenvalue weighted by Crippen LogP contribution is -2.16. The molecule has 0 aliphatic heterocycles. The molecule has 1 atom stereocenters. The van der Waals surface area contributed by atoms with Crippen LogP contribution in [0.4, 0.5) is 0 Å². The number of esters is 1. The van der Waals surface area contributed by atoms with E-state index in [4.69, 9.17) is 9.72 Å². The standard InChI is InChI=1S/C17H23NO2/c1-5-20-16(19)12-8-13-14(10(2)9-17(13,3)4)18-15(12)11-6-7-11/h8,10-11H,5-7,9H2,1-4H3. The summed E-state index contributed by atoms with van der Waals surface area (Å²) in [4.78, 5) is 17.1. The van der Waals surface area contributed by atoms with E-state index in [0.717, 1.165) is 25.0 Å². The molecule has 3 nitrogen and oxygen atoms in total. The molecule has 1 aromatic heterocycles. The average Bonchev–Trinajstić information content (AvgIpc) is 3.18. The maximum atomic E-state index is 12.2. The fourth-order valence-corrected chi connectivity index (χ4v) is 3.47. The second-order valence-corrected chi connectivity index (χ2v) is 6.84. The van der Waals surface area contributed by atoms with Gasteiger partial charge in [0.15, 0.2) is 0 Å². The fraction of sp³-hybridized carbons (Fsp3) is 0.647. The lowest BCUT2D eigenvalue weighted by molar-refractivity contribution is 0.0524. The van der Waals surface area contributed by atoms with Crippen LogP contribution in [0.2, 0.25) is 0 Å². The summed E-state index contributed by atoms with van der Waals surface area (Å²) in [7, 11) is 0. The smallest absolute Gasteiger partial charge is 0.339 e. The third-order valence-electron chi connectivity index (χ3n) is 4.55. The second-order valence-electron chi connectivity index (χ2n) is 6.84. The third-order valence-corrected chi connectivity index (χ3v) is 4.55. The van der Waals surface area contributed by atoms with E-state index in [1.54, 1.807) is 0 Å². The Bertz CT molecular complexity index is 558. The highest BCUT2D eigenvalue weighted by Gasteiger charge is 2.39. The van der Waals surface area contributed by atoms with Gasteiger partial charge in [-0.05, 0) is 49.1 Å². The molecule has 0 bridgehead atoms. The van der Waals surface area contributed by atoms with E-state index in [1.807, 2.05) is 6.92 Å². The molecule has 3 rings (SSSR count). The summed E-state index contributed by atoms with van der Waals surface area (Å²) in [5, 5.41) is 0. The largest absolute Gasteiger partial charge is 0.462 e. The zero-order valence-corrected chi connectivity index (χ0v) is 12.8. The Balaban J connectivity index is 2.12. The van der Waals surface area contributed by atoms with E-state index in [-0.39, 0.29) is 11.4 Å². The molecule has 20 heavy (non-hydrogen) atoms. The van der Waals surface area contributed by atoms with Crippen molar-refractivity contribution < 1.29 is 9.53 Å². The highest BCUT2D eigenvalue weighted by molar-refractivity contribution is 5.91. The number of rotatable bonds is 3. The van der Waals surface area contributed by atoms with Gasteiger partial charge in [-0.15, -0.1) is 0 Å².